The molecule has 20 heavy (non-hydrogen) atoms. The van der Waals surface area contributed by atoms with E-state index in [0.717, 1.165) is 25.7 Å². The van der Waals surface area contributed by atoms with Crippen molar-refractivity contribution in [1.29, 1.82) is 0 Å². The molecule has 3 nitrogen and oxygen atoms in total. The van der Waals surface area contributed by atoms with Gasteiger partial charge in [0.1, 0.15) is 11.9 Å². The summed E-state index contributed by atoms with van der Waals surface area (Å²) in [5.74, 6) is -0.511. The molecule has 0 spiro atoms. The molecule has 1 atom stereocenters. The molecule has 0 saturated heterocycles. The van der Waals surface area contributed by atoms with Crippen LogP contribution < -0.4 is 10.6 Å². The van der Waals surface area contributed by atoms with Gasteiger partial charge in [-0.25, -0.2) is 4.39 Å². The fourth-order valence-electron chi connectivity index (χ4n) is 2.48. The molecule has 1 aromatic rings. The summed E-state index contributed by atoms with van der Waals surface area (Å²) in [6, 6.07) is 4.02. The van der Waals surface area contributed by atoms with Crippen LogP contribution in [0, 0.1) is 5.82 Å². The lowest BCUT2D eigenvalue weighted by molar-refractivity contribution is -0.122. The molecular formula is C15H20ClFN2O. The summed E-state index contributed by atoms with van der Waals surface area (Å²) in [5.41, 5.74) is 0.254. The Bertz CT molecular complexity index is 475. The van der Waals surface area contributed by atoms with E-state index in [0.29, 0.717) is 5.02 Å². The molecule has 1 unspecified atom stereocenters. The normalized spacial score (nSPS) is 17.6. The SMILES string of the molecule is CC(Nc1cc(Cl)ccc1F)C(=O)NC1CCCCC1. The van der Waals surface area contributed by atoms with Crippen molar-refractivity contribution in [2.24, 2.45) is 0 Å². The molecule has 0 aliphatic heterocycles. The summed E-state index contributed by atoms with van der Waals surface area (Å²) in [7, 11) is 0. The molecule has 110 valence electrons. The zero-order chi connectivity index (χ0) is 14.5. The summed E-state index contributed by atoms with van der Waals surface area (Å²) in [6.45, 7) is 1.72. The van der Waals surface area contributed by atoms with Gasteiger partial charge in [-0.3, -0.25) is 4.79 Å². The second kappa shape index (κ2) is 6.93. The number of benzene rings is 1. The van der Waals surface area contributed by atoms with Gasteiger partial charge in [-0.15, -0.1) is 0 Å². The summed E-state index contributed by atoms with van der Waals surface area (Å²) in [6.07, 6.45) is 5.63. The van der Waals surface area contributed by atoms with E-state index in [1.165, 1.54) is 24.6 Å². The van der Waals surface area contributed by atoms with Crippen molar-refractivity contribution in [3.63, 3.8) is 0 Å². The molecule has 0 radical (unpaired) electrons. The van der Waals surface area contributed by atoms with Gasteiger partial charge in [0.15, 0.2) is 0 Å². The lowest BCUT2D eigenvalue weighted by atomic mass is 9.95. The second-order valence-electron chi connectivity index (χ2n) is 5.33. The van der Waals surface area contributed by atoms with Crippen molar-refractivity contribution in [1.82, 2.24) is 5.32 Å². The van der Waals surface area contributed by atoms with Crippen LogP contribution in [0.3, 0.4) is 0 Å². The van der Waals surface area contributed by atoms with E-state index in [1.807, 2.05) is 0 Å². The molecule has 0 bridgehead atoms. The highest BCUT2D eigenvalue weighted by Gasteiger charge is 2.20. The van der Waals surface area contributed by atoms with E-state index in [-0.39, 0.29) is 17.6 Å². The Morgan fingerprint density at radius 3 is 2.75 bits per heavy atom. The zero-order valence-electron chi connectivity index (χ0n) is 11.6. The molecular weight excluding hydrogens is 279 g/mol. The van der Waals surface area contributed by atoms with Crippen LogP contribution in [-0.2, 0) is 4.79 Å². The maximum atomic E-state index is 13.6. The average molecular weight is 299 g/mol. The third-order valence-electron chi connectivity index (χ3n) is 3.65. The minimum atomic E-state index is -0.495. The standard InChI is InChI=1S/C15H20ClFN2O/c1-10(15(20)19-12-5-3-2-4-6-12)18-14-9-11(16)7-8-13(14)17/h7-10,12,18H,2-6H2,1H3,(H,19,20). The van der Waals surface area contributed by atoms with Crippen LogP contribution >= 0.6 is 11.6 Å². The summed E-state index contributed by atoms with van der Waals surface area (Å²) < 4.78 is 13.6. The molecule has 0 aromatic heterocycles. The number of amides is 1. The van der Waals surface area contributed by atoms with Crippen LogP contribution in [0.25, 0.3) is 0 Å². The molecule has 1 aliphatic carbocycles. The first-order valence-electron chi connectivity index (χ1n) is 7.08. The fraction of sp³-hybridized carbons (Fsp3) is 0.533. The first-order valence-corrected chi connectivity index (χ1v) is 7.46. The lowest BCUT2D eigenvalue weighted by Gasteiger charge is -2.25. The molecule has 1 aliphatic rings. The van der Waals surface area contributed by atoms with E-state index < -0.39 is 11.9 Å². The lowest BCUT2D eigenvalue weighted by Crippen LogP contribution is -2.44. The Balaban J connectivity index is 1.91. The minimum Gasteiger partial charge on any atom is -0.371 e. The molecule has 1 saturated carbocycles. The van der Waals surface area contributed by atoms with Gasteiger partial charge in [0, 0.05) is 11.1 Å². The number of hydrogen-bond acceptors (Lipinski definition) is 2. The van der Waals surface area contributed by atoms with E-state index >= 15 is 0 Å². The first kappa shape index (κ1) is 15.1. The number of anilines is 1. The van der Waals surface area contributed by atoms with Gasteiger partial charge in [0.05, 0.1) is 5.69 Å². The van der Waals surface area contributed by atoms with Crippen LogP contribution in [-0.4, -0.2) is 18.0 Å². The van der Waals surface area contributed by atoms with Crippen LogP contribution in [0.15, 0.2) is 18.2 Å². The number of nitrogens with one attached hydrogen (secondary N) is 2. The van der Waals surface area contributed by atoms with Gasteiger partial charge >= 0.3 is 0 Å². The second-order valence-corrected chi connectivity index (χ2v) is 5.77. The number of carbonyl (C=O) groups is 1. The zero-order valence-corrected chi connectivity index (χ0v) is 12.3. The Morgan fingerprint density at radius 2 is 2.05 bits per heavy atom. The molecule has 1 amide bonds. The van der Waals surface area contributed by atoms with Crippen molar-refractivity contribution in [3.8, 4) is 0 Å². The van der Waals surface area contributed by atoms with Crippen molar-refractivity contribution in [2.45, 2.75) is 51.1 Å². The highest BCUT2D eigenvalue weighted by molar-refractivity contribution is 6.30. The van der Waals surface area contributed by atoms with Crippen molar-refractivity contribution < 1.29 is 9.18 Å². The Morgan fingerprint density at radius 1 is 1.35 bits per heavy atom. The third kappa shape index (κ3) is 4.10. The molecule has 0 heterocycles. The molecule has 2 N–H and O–H groups in total. The quantitative estimate of drug-likeness (QED) is 0.889. The first-order chi connectivity index (χ1) is 9.56. The van der Waals surface area contributed by atoms with E-state index in [4.69, 9.17) is 11.6 Å². The van der Waals surface area contributed by atoms with E-state index in [1.54, 1.807) is 6.92 Å². The van der Waals surface area contributed by atoms with Gasteiger partial charge in [-0.1, -0.05) is 30.9 Å². The monoisotopic (exact) mass is 298 g/mol. The van der Waals surface area contributed by atoms with Crippen molar-refractivity contribution in [3.05, 3.63) is 29.0 Å². The summed E-state index contributed by atoms with van der Waals surface area (Å²) in [4.78, 5) is 12.1. The number of halogens is 2. The minimum absolute atomic E-state index is 0.101. The molecule has 1 aromatic carbocycles. The van der Waals surface area contributed by atoms with E-state index in [9.17, 15) is 9.18 Å². The molecule has 1 fully saturated rings. The predicted octanol–water partition coefficient (Wildman–Crippen LogP) is 3.73. The Kier molecular flexibility index (Phi) is 5.24. The number of carbonyl (C=O) groups excluding carboxylic acids is 1. The maximum Gasteiger partial charge on any atom is 0.242 e. The Hall–Kier alpha value is -1.29. The van der Waals surface area contributed by atoms with Gasteiger partial charge in [0.2, 0.25) is 5.91 Å². The van der Waals surface area contributed by atoms with Crippen LogP contribution in [0.2, 0.25) is 5.02 Å². The highest BCUT2D eigenvalue weighted by Crippen LogP contribution is 2.21. The average Bonchev–Trinajstić information content (AvgIpc) is 2.44. The molecule has 5 heteroatoms. The van der Waals surface area contributed by atoms with Crippen molar-refractivity contribution >= 4 is 23.2 Å². The van der Waals surface area contributed by atoms with E-state index in [2.05, 4.69) is 10.6 Å². The summed E-state index contributed by atoms with van der Waals surface area (Å²) in [5, 5.41) is 6.32. The number of hydrogen-bond donors (Lipinski definition) is 2. The van der Waals surface area contributed by atoms with Crippen LogP contribution in [0.1, 0.15) is 39.0 Å². The van der Waals surface area contributed by atoms with Gasteiger partial charge in [0.25, 0.3) is 0 Å². The van der Waals surface area contributed by atoms with Crippen molar-refractivity contribution in [2.75, 3.05) is 5.32 Å². The number of rotatable bonds is 4. The summed E-state index contributed by atoms with van der Waals surface area (Å²) >= 11 is 5.83. The topological polar surface area (TPSA) is 41.1 Å². The predicted molar refractivity (Wildman–Crippen MR) is 79.5 cm³/mol. The van der Waals surface area contributed by atoms with Crippen LogP contribution in [0.5, 0.6) is 0 Å². The van der Waals surface area contributed by atoms with Gasteiger partial charge < -0.3 is 10.6 Å². The third-order valence-corrected chi connectivity index (χ3v) is 3.88. The van der Waals surface area contributed by atoms with Gasteiger partial charge in [-0.2, -0.15) is 0 Å². The van der Waals surface area contributed by atoms with Gasteiger partial charge in [-0.05, 0) is 38.0 Å². The largest absolute Gasteiger partial charge is 0.371 e. The highest BCUT2D eigenvalue weighted by atomic mass is 35.5. The smallest absolute Gasteiger partial charge is 0.242 e. The fourth-order valence-corrected chi connectivity index (χ4v) is 2.65. The van der Waals surface area contributed by atoms with Crippen LogP contribution in [0.4, 0.5) is 10.1 Å². The maximum absolute atomic E-state index is 13.6. The molecule has 2 rings (SSSR count). The Labute approximate surface area is 123 Å².